The Morgan fingerprint density at radius 1 is 1.00 bits per heavy atom. The van der Waals surface area contributed by atoms with Gasteiger partial charge in [-0.25, -0.2) is 8.78 Å². The maximum Gasteiger partial charge on any atom is 0.258 e. The molecule has 0 saturated heterocycles. The number of hydrogen-bond donors (Lipinski definition) is 1. The molecule has 0 bridgehead atoms. The summed E-state index contributed by atoms with van der Waals surface area (Å²) in [7, 11) is 2.94. The van der Waals surface area contributed by atoms with Gasteiger partial charge in [0.1, 0.15) is 23.1 Å². The molecule has 1 N–H and O–H groups in total. The summed E-state index contributed by atoms with van der Waals surface area (Å²) in [6, 6.07) is 7.50. The summed E-state index contributed by atoms with van der Waals surface area (Å²) in [5.74, 6) is -1.41. The Balaban J connectivity index is 2.26. The van der Waals surface area contributed by atoms with Crippen LogP contribution in [-0.2, 0) is 0 Å². The van der Waals surface area contributed by atoms with Crippen LogP contribution < -0.4 is 14.8 Å². The first-order chi connectivity index (χ1) is 10.0. The first-order valence-electron chi connectivity index (χ1n) is 6.03. The molecule has 0 aliphatic rings. The van der Waals surface area contributed by atoms with Gasteiger partial charge < -0.3 is 14.8 Å². The number of methoxy groups -OCH3 is 2. The number of amides is 1. The fraction of sp³-hybridized carbons (Fsp3) is 0.133. The van der Waals surface area contributed by atoms with Gasteiger partial charge in [0.15, 0.2) is 0 Å². The maximum absolute atomic E-state index is 13.5. The SMILES string of the molecule is COc1cc(NC(=O)c2ccc(F)cc2F)cc(OC)c1. The van der Waals surface area contributed by atoms with E-state index >= 15 is 0 Å². The summed E-state index contributed by atoms with van der Waals surface area (Å²) in [4.78, 5) is 12.0. The number of hydrogen-bond acceptors (Lipinski definition) is 3. The second kappa shape index (κ2) is 6.21. The molecular formula is C15H13F2NO3. The van der Waals surface area contributed by atoms with Crippen LogP contribution in [0.4, 0.5) is 14.5 Å². The Hall–Kier alpha value is -2.63. The summed E-state index contributed by atoms with van der Waals surface area (Å²) < 4.78 is 36.5. The number of anilines is 1. The zero-order chi connectivity index (χ0) is 15.4. The van der Waals surface area contributed by atoms with E-state index in [0.29, 0.717) is 23.3 Å². The van der Waals surface area contributed by atoms with Gasteiger partial charge in [-0.3, -0.25) is 4.79 Å². The second-order valence-electron chi connectivity index (χ2n) is 4.18. The van der Waals surface area contributed by atoms with Crippen LogP contribution in [-0.4, -0.2) is 20.1 Å². The Morgan fingerprint density at radius 3 is 2.14 bits per heavy atom. The van der Waals surface area contributed by atoms with Crippen molar-refractivity contribution in [2.45, 2.75) is 0 Å². The van der Waals surface area contributed by atoms with Crippen LogP contribution in [0.25, 0.3) is 0 Å². The molecule has 1 amide bonds. The van der Waals surface area contributed by atoms with E-state index in [1.54, 1.807) is 18.2 Å². The van der Waals surface area contributed by atoms with Crippen LogP contribution in [0.15, 0.2) is 36.4 Å². The van der Waals surface area contributed by atoms with Crippen molar-refractivity contribution in [1.82, 2.24) is 0 Å². The summed E-state index contributed by atoms with van der Waals surface area (Å²) in [6.07, 6.45) is 0. The highest BCUT2D eigenvalue weighted by Crippen LogP contribution is 2.26. The normalized spacial score (nSPS) is 10.1. The Kier molecular flexibility index (Phi) is 4.37. The van der Waals surface area contributed by atoms with Crippen molar-refractivity contribution >= 4 is 11.6 Å². The van der Waals surface area contributed by atoms with Gasteiger partial charge in [-0.15, -0.1) is 0 Å². The molecule has 0 unspecified atom stereocenters. The molecule has 21 heavy (non-hydrogen) atoms. The molecule has 0 aliphatic carbocycles. The molecule has 0 saturated carbocycles. The monoisotopic (exact) mass is 293 g/mol. The van der Waals surface area contributed by atoms with Crippen molar-refractivity contribution in [3.8, 4) is 11.5 Å². The molecule has 4 nitrogen and oxygen atoms in total. The van der Waals surface area contributed by atoms with E-state index in [1.807, 2.05) is 0 Å². The highest BCUT2D eigenvalue weighted by molar-refractivity contribution is 6.04. The van der Waals surface area contributed by atoms with Crippen molar-refractivity contribution in [3.63, 3.8) is 0 Å². The third-order valence-corrected chi connectivity index (χ3v) is 2.79. The number of benzene rings is 2. The van der Waals surface area contributed by atoms with Crippen molar-refractivity contribution < 1.29 is 23.0 Å². The van der Waals surface area contributed by atoms with E-state index in [4.69, 9.17) is 9.47 Å². The van der Waals surface area contributed by atoms with Crippen LogP contribution in [0.3, 0.4) is 0 Å². The molecule has 2 aromatic carbocycles. The van der Waals surface area contributed by atoms with Crippen molar-refractivity contribution in [1.29, 1.82) is 0 Å². The molecule has 0 aromatic heterocycles. The lowest BCUT2D eigenvalue weighted by Crippen LogP contribution is -2.14. The largest absolute Gasteiger partial charge is 0.497 e. The van der Waals surface area contributed by atoms with E-state index in [-0.39, 0.29) is 5.56 Å². The average Bonchev–Trinajstić information content (AvgIpc) is 2.46. The van der Waals surface area contributed by atoms with Crippen molar-refractivity contribution in [2.24, 2.45) is 0 Å². The molecule has 0 radical (unpaired) electrons. The molecule has 2 aromatic rings. The minimum absolute atomic E-state index is 0.252. The molecular weight excluding hydrogens is 280 g/mol. The lowest BCUT2D eigenvalue weighted by Gasteiger charge is -2.10. The molecule has 6 heteroatoms. The van der Waals surface area contributed by atoms with E-state index in [2.05, 4.69) is 5.32 Å². The predicted octanol–water partition coefficient (Wildman–Crippen LogP) is 3.23. The minimum Gasteiger partial charge on any atom is -0.497 e. The number of carbonyl (C=O) groups is 1. The molecule has 2 rings (SSSR count). The molecule has 110 valence electrons. The first-order valence-corrected chi connectivity index (χ1v) is 6.03. The summed E-state index contributed by atoms with van der Waals surface area (Å²) >= 11 is 0. The van der Waals surface area contributed by atoms with Gasteiger partial charge in [0.2, 0.25) is 0 Å². The van der Waals surface area contributed by atoms with Crippen LogP contribution >= 0.6 is 0 Å². The number of carbonyl (C=O) groups excluding carboxylic acids is 1. The minimum atomic E-state index is -0.928. The van der Waals surface area contributed by atoms with E-state index < -0.39 is 17.5 Å². The molecule has 0 fully saturated rings. The van der Waals surface area contributed by atoms with Gasteiger partial charge in [-0.1, -0.05) is 0 Å². The van der Waals surface area contributed by atoms with Crippen molar-refractivity contribution in [3.05, 3.63) is 53.6 Å². The summed E-state index contributed by atoms with van der Waals surface area (Å²) in [6.45, 7) is 0. The van der Waals surface area contributed by atoms with Crippen LogP contribution in [0, 0.1) is 11.6 Å². The van der Waals surface area contributed by atoms with E-state index in [1.165, 1.54) is 14.2 Å². The van der Waals surface area contributed by atoms with Gasteiger partial charge in [0, 0.05) is 30.0 Å². The Morgan fingerprint density at radius 2 is 1.62 bits per heavy atom. The third-order valence-electron chi connectivity index (χ3n) is 2.79. The lowest BCUT2D eigenvalue weighted by atomic mass is 10.2. The standard InChI is InChI=1S/C15H13F2NO3/c1-20-11-6-10(7-12(8-11)21-2)18-15(19)13-4-3-9(16)5-14(13)17/h3-8H,1-2H3,(H,18,19). The van der Waals surface area contributed by atoms with Gasteiger partial charge in [0.05, 0.1) is 19.8 Å². The molecule has 0 spiro atoms. The topological polar surface area (TPSA) is 47.6 Å². The van der Waals surface area contributed by atoms with Crippen LogP contribution in [0.5, 0.6) is 11.5 Å². The molecule has 0 heterocycles. The van der Waals surface area contributed by atoms with Gasteiger partial charge in [0.25, 0.3) is 5.91 Å². The lowest BCUT2D eigenvalue weighted by molar-refractivity contribution is 0.102. The number of rotatable bonds is 4. The smallest absolute Gasteiger partial charge is 0.258 e. The zero-order valence-corrected chi connectivity index (χ0v) is 11.4. The van der Waals surface area contributed by atoms with Gasteiger partial charge in [-0.2, -0.15) is 0 Å². The summed E-state index contributed by atoms with van der Waals surface area (Å²) in [5.41, 5.74) is 0.123. The second-order valence-corrected chi connectivity index (χ2v) is 4.18. The van der Waals surface area contributed by atoms with Crippen LogP contribution in [0.1, 0.15) is 10.4 Å². The van der Waals surface area contributed by atoms with Gasteiger partial charge in [-0.05, 0) is 12.1 Å². The zero-order valence-electron chi connectivity index (χ0n) is 11.4. The Bertz CT molecular complexity index is 652. The number of halogens is 2. The van der Waals surface area contributed by atoms with E-state index in [0.717, 1.165) is 12.1 Å². The predicted molar refractivity (Wildman–Crippen MR) is 73.9 cm³/mol. The van der Waals surface area contributed by atoms with Crippen molar-refractivity contribution in [2.75, 3.05) is 19.5 Å². The third kappa shape index (κ3) is 3.47. The quantitative estimate of drug-likeness (QED) is 0.941. The molecule has 0 atom stereocenters. The maximum atomic E-state index is 13.5. The fourth-order valence-electron chi connectivity index (χ4n) is 1.75. The van der Waals surface area contributed by atoms with Crippen LogP contribution in [0.2, 0.25) is 0 Å². The Labute approximate surface area is 120 Å². The molecule has 0 aliphatic heterocycles. The highest BCUT2D eigenvalue weighted by atomic mass is 19.1. The highest BCUT2D eigenvalue weighted by Gasteiger charge is 2.13. The number of nitrogens with one attached hydrogen (secondary N) is 1. The van der Waals surface area contributed by atoms with E-state index in [9.17, 15) is 13.6 Å². The average molecular weight is 293 g/mol. The van der Waals surface area contributed by atoms with Gasteiger partial charge >= 0.3 is 0 Å². The summed E-state index contributed by atoms with van der Waals surface area (Å²) in [5, 5.41) is 2.51. The number of ether oxygens (including phenoxy) is 2. The fourth-order valence-corrected chi connectivity index (χ4v) is 1.75. The first kappa shape index (κ1) is 14.8.